The number of sulfonamides is 1. The summed E-state index contributed by atoms with van der Waals surface area (Å²) in [6, 6.07) is 7.85. The molecule has 0 aliphatic heterocycles. The van der Waals surface area contributed by atoms with E-state index in [2.05, 4.69) is 0 Å². The molecule has 3 nitrogen and oxygen atoms in total. The van der Waals surface area contributed by atoms with Gasteiger partial charge in [-0.05, 0) is 17.0 Å². The van der Waals surface area contributed by atoms with Crippen LogP contribution in [0.1, 0.15) is 18.5 Å². The van der Waals surface area contributed by atoms with E-state index in [1.165, 1.54) is 6.92 Å². The second-order valence-electron chi connectivity index (χ2n) is 3.09. The van der Waals surface area contributed by atoms with Crippen molar-refractivity contribution in [2.24, 2.45) is 0 Å². The van der Waals surface area contributed by atoms with E-state index in [4.69, 9.17) is 0 Å². The fourth-order valence-corrected chi connectivity index (χ4v) is 1.83. The SMILES string of the molecule is C[C@@H](c1ccccc1)N(F)S(C)(=O)=O. The topological polar surface area (TPSA) is 37.4 Å². The maximum absolute atomic E-state index is 13.2. The van der Waals surface area contributed by atoms with E-state index in [-0.39, 0.29) is 4.53 Å². The van der Waals surface area contributed by atoms with Gasteiger partial charge < -0.3 is 0 Å². The third-order valence-corrected chi connectivity index (χ3v) is 2.85. The molecule has 0 aliphatic rings. The van der Waals surface area contributed by atoms with E-state index in [0.717, 1.165) is 6.26 Å². The summed E-state index contributed by atoms with van der Waals surface area (Å²) in [5.41, 5.74) is 0.625. The average molecular weight is 217 g/mol. The van der Waals surface area contributed by atoms with Gasteiger partial charge >= 0.3 is 0 Å². The zero-order valence-electron chi connectivity index (χ0n) is 8.01. The predicted molar refractivity (Wildman–Crippen MR) is 52.6 cm³/mol. The van der Waals surface area contributed by atoms with Gasteiger partial charge in [0, 0.05) is 0 Å². The van der Waals surface area contributed by atoms with Gasteiger partial charge in [-0.1, -0.05) is 30.3 Å². The molecule has 78 valence electrons. The number of halogens is 1. The highest BCUT2D eigenvalue weighted by Gasteiger charge is 2.23. The predicted octanol–water partition coefficient (Wildman–Crippen LogP) is 1.89. The van der Waals surface area contributed by atoms with Crippen LogP contribution >= 0.6 is 0 Å². The highest BCUT2D eigenvalue weighted by molar-refractivity contribution is 7.88. The standard InChI is InChI=1S/C9H12FNO2S/c1-8(11(10)14(2,12)13)9-6-4-3-5-7-9/h3-8H,1-2H3/t8-/m0/s1. The first-order valence-corrected chi connectivity index (χ1v) is 5.98. The summed E-state index contributed by atoms with van der Waals surface area (Å²) in [6.07, 6.45) is 0.840. The lowest BCUT2D eigenvalue weighted by molar-refractivity contribution is 0.0942. The van der Waals surface area contributed by atoms with Gasteiger partial charge in [-0.25, -0.2) is 8.42 Å². The Morgan fingerprint density at radius 1 is 1.29 bits per heavy atom. The molecule has 0 aromatic heterocycles. The van der Waals surface area contributed by atoms with Crippen LogP contribution in [0.5, 0.6) is 0 Å². The molecule has 1 atom stereocenters. The minimum absolute atomic E-state index is 0.137. The van der Waals surface area contributed by atoms with Crippen LogP contribution < -0.4 is 0 Å². The van der Waals surface area contributed by atoms with Crippen LogP contribution in [0.4, 0.5) is 4.48 Å². The van der Waals surface area contributed by atoms with Gasteiger partial charge in [-0.15, -0.1) is 4.48 Å². The van der Waals surface area contributed by atoms with Crippen molar-refractivity contribution >= 4 is 10.0 Å². The van der Waals surface area contributed by atoms with E-state index in [1.807, 2.05) is 0 Å². The zero-order chi connectivity index (χ0) is 10.8. The molecule has 0 amide bonds. The Balaban J connectivity index is 2.92. The smallest absolute Gasteiger partial charge is 0.210 e. The monoisotopic (exact) mass is 217 g/mol. The van der Waals surface area contributed by atoms with Crippen LogP contribution in [0.25, 0.3) is 0 Å². The Morgan fingerprint density at radius 2 is 1.79 bits per heavy atom. The first-order valence-electron chi connectivity index (χ1n) is 4.13. The molecule has 0 saturated carbocycles. The second-order valence-corrected chi connectivity index (χ2v) is 4.91. The number of hydrogen-bond donors (Lipinski definition) is 0. The molecule has 1 aromatic rings. The molecule has 0 aliphatic carbocycles. The Bertz CT molecular complexity index is 391. The quantitative estimate of drug-likeness (QED) is 0.725. The molecular weight excluding hydrogens is 205 g/mol. The lowest BCUT2D eigenvalue weighted by atomic mass is 10.1. The molecule has 0 N–H and O–H groups in total. The summed E-state index contributed by atoms with van der Waals surface area (Å²) in [5.74, 6) is 0. The summed E-state index contributed by atoms with van der Waals surface area (Å²) >= 11 is 0. The lowest BCUT2D eigenvalue weighted by Gasteiger charge is -2.17. The minimum atomic E-state index is -3.78. The van der Waals surface area contributed by atoms with E-state index >= 15 is 0 Å². The van der Waals surface area contributed by atoms with Crippen molar-refractivity contribution in [1.29, 1.82) is 0 Å². The van der Waals surface area contributed by atoms with Gasteiger partial charge in [-0.2, -0.15) is 0 Å². The van der Waals surface area contributed by atoms with Crippen LogP contribution in [-0.2, 0) is 10.0 Å². The van der Waals surface area contributed by atoms with Crippen molar-refractivity contribution in [3.05, 3.63) is 35.9 Å². The highest BCUT2D eigenvalue weighted by Crippen LogP contribution is 2.22. The minimum Gasteiger partial charge on any atom is -0.210 e. The fourth-order valence-electron chi connectivity index (χ4n) is 1.14. The number of nitrogens with zero attached hydrogens (tertiary/aromatic N) is 1. The first kappa shape index (κ1) is 11.1. The fraction of sp³-hybridized carbons (Fsp3) is 0.333. The van der Waals surface area contributed by atoms with Crippen LogP contribution in [-0.4, -0.2) is 19.2 Å². The van der Waals surface area contributed by atoms with Crippen LogP contribution in [0, 0.1) is 0 Å². The van der Waals surface area contributed by atoms with Gasteiger partial charge in [0.1, 0.15) is 0 Å². The van der Waals surface area contributed by atoms with Crippen molar-refractivity contribution in [2.75, 3.05) is 6.26 Å². The van der Waals surface area contributed by atoms with Crippen molar-refractivity contribution < 1.29 is 12.9 Å². The Labute approximate surface area is 83.1 Å². The van der Waals surface area contributed by atoms with Gasteiger partial charge in [0.05, 0.1) is 12.3 Å². The largest absolute Gasteiger partial charge is 0.237 e. The third kappa shape index (κ3) is 2.52. The van der Waals surface area contributed by atoms with E-state index in [9.17, 15) is 12.9 Å². The van der Waals surface area contributed by atoms with Crippen LogP contribution in [0.2, 0.25) is 0 Å². The van der Waals surface area contributed by atoms with E-state index in [1.54, 1.807) is 30.3 Å². The van der Waals surface area contributed by atoms with Gasteiger partial charge in [0.2, 0.25) is 10.0 Å². The van der Waals surface area contributed by atoms with Crippen molar-refractivity contribution in [2.45, 2.75) is 13.0 Å². The summed E-state index contributed by atoms with van der Waals surface area (Å²) < 4.78 is 34.9. The summed E-state index contributed by atoms with van der Waals surface area (Å²) in [6.45, 7) is 1.50. The highest BCUT2D eigenvalue weighted by atomic mass is 32.2. The molecule has 1 rings (SSSR count). The molecule has 1 aromatic carbocycles. The normalized spacial score (nSPS) is 14.3. The summed E-state index contributed by atoms with van der Waals surface area (Å²) in [7, 11) is -3.78. The lowest BCUT2D eigenvalue weighted by Crippen LogP contribution is -2.24. The van der Waals surface area contributed by atoms with Gasteiger partial charge in [-0.3, -0.25) is 0 Å². The molecule has 0 spiro atoms. The Hall–Kier alpha value is -0.940. The summed E-state index contributed by atoms with van der Waals surface area (Å²) in [4.78, 5) is 0. The molecular formula is C9H12FNO2S. The maximum atomic E-state index is 13.2. The van der Waals surface area contributed by atoms with Crippen molar-refractivity contribution in [3.63, 3.8) is 0 Å². The van der Waals surface area contributed by atoms with Crippen molar-refractivity contribution in [3.8, 4) is 0 Å². The first-order chi connectivity index (χ1) is 6.43. The van der Waals surface area contributed by atoms with Crippen LogP contribution in [0.15, 0.2) is 30.3 Å². The molecule has 5 heteroatoms. The third-order valence-electron chi connectivity index (χ3n) is 1.90. The van der Waals surface area contributed by atoms with Gasteiger partial charge in [0.25, 0.3) is 0 Å². The summed E-state index contributed by atoms with van der Waals surface area (Å²) in [5, 5.41) is 0. The molecule has 0 bridgehead atoms. The number of rotatable bonds is 3. The van der Waals surface area contributed by atoms with E-state index in [0.29, 0.717) is 5.56 Å². The molecule has 0 fully saturated rings. The average Bonchev–Trinajstić information content (AvgIpc) is 2.15. The Kier molecular flexibility index (Phi) is 3.23. The number of benzene rings is 1. The van der Waals surface area contributed by atoms with Crippen LogP contribution in [0.3, 0.4) is 0 Å². The second kappa shape index (κ2) is 4.06. The zero-order valence-corrected chi connectivity index (χ0v) is 8.83. The number of hydrogen-bond acceptors (Lipinski definition) is 2. The van der Waals surface area contributed by atoms with Gasteiger partial charge in [0.15, 0.2) is 0 Å². The molecule has 0 unspecified atom stereocenters. The Morgan fingerprint density at radius 3 is 2.21 bits per heavy atom. The molecule has 0 saturated heterocycles. The molecule has 0 radical (unpaired) electrons. The van der Waals surface area contributed by atoms with E-state index < -0.39 is 16.1 Å². The molecule has 0 heterocycles. The maximum Gasteiger partial charge on any atom is 0.237 e. The molecule has 14 heavy (non-hydrogen) atoms. The van der Waals surface area contributed by atoms with Crippen molar-refractivity contribution in [1.82, 2.24) is 4.53 Å².